The lowest BCUT2D eigenvalue weighted by molar-refractivity contribution is -0.125. The number of nitrogens with two attached hydrogens (primary N) is 1. The van der Waals surface area contributed by atoms with Crippen LogP contribution in [-0.4, -0.2) is 29.4 Å². The summed E-state index contributed by atoms with van der Waals surface area (Å²) in [5, 5.41) is 5.18. The third-order valence-corrected chi connectivity index (χ3v) is 3.99. The summed E-state index contributed by atoms with van der Waals surface area (Å²) in [6.07, 6.45) is 2.42. The summed E-state index contributed by atoms with van der Waals surface area (Å²) in [6.45, 7) is 5.62. The number of anilines is 1. The number of rotatable bonds is 8. The van der Waals surface area contributed by atoms with Gasteiger partial charge in [0.2, 0.25) is 17.7 Å². The predicted molar refractivity (Wildman–Crippen MR) is 105 cm³/mol. The molecule has 0 fully saturated rings. The third-order valence-electron chi connectivity index (χ3n) is 3.99. The van der Waals surface area contributed by atoms with Crippen LogP contribution in [0.1, 0.15) is 26.3 Å². The number of carbonyl (C=O) groups excluding carboxylic acids is 2. The highest BCUT2D eigenvalue weighted by molar-refractivity contribution is 5.95. The average Bonchev–Trinajstić information content (AvgIpc) is 2.67. The second-order valence-electron chi connectivity index (χ2n) is 6.52. The zero-order chi connectivity index (χ0) is 19.8. The Hall–Kier alpha value is -2.93. The summed E-state index contributed by atoms with van der Waals surface area (Å²) in [5.74, 6) is 0.435. The molecule has 144 valence electrons. The molecule has 0 aliphatic rings. The highest BCUT2D eigenvalue weighted by Gasteiger charge is 2.17. The molecule has 7 nitrogen and oxygen atoms in total. The van der Waals surface area contributed by atoms with Crippen LogP contribution in [0.5, 0.6) is 11.6 Å². The Bertz CT molecular complexity index is 775. The molecule has 2 rings (SSSR count). The van der Waals surface area contributed by atoms with E-state index in [0.29, 0.717) is 17.3 Å². The molecule has 0 bridgehead atoms. The van der Waals surface area contributed by atoms with Crippen LogP contribution in [0.3, 0.4) is 0 Å². The maximum absolute atomic E-state index is 11.9. The van der Waals surface area contributed by atoms with E-state index in [1.165, 1.54) is 11.8 Å². The highest BCUT2D eigenvalue weighted by Crippen LogP contribution is 2.21. The van der Waals surface area contributed by atoms with Crippen LogP contribution >= 0.6 is 0 Å². The van der Waals surface area contributed by atoms with E-state index in [9.17, 15) is 9.59 Å². The van der Waals surface area contributed by atoms with E-state index in [1.807, 2.05) is 38.1 Å². The van der Waals surface area contributed by atoms with E-state index in [4.69, 9.17) is 10.5 Å². The van der Waals surface area contributed by atoms with Gasteiger partial charge in [0, 0.05) is 6.07 Å². The summed E-state index contributed by atoms with van der Waals surface area (Å²) >= 11 is 0. The lowest BCUT2D eigenvalue weighted by atomic mass is 10.1. The number of hydrogen-bond donors (Lipinski definition) is 3. The van der Waals surface area contributed by atoms with Gasteiger partial charge in [-0.3, -0.25) is 9.59 Å². The fourth-order valence-electron chi connectivity index (χ4n) is 2.26. The van der Waals surface area contributed by atoms with Gasteiger partial charge >= 0.3 is 0 Å². The van der Waals surface area contributed by atoms with Crippen molar-refractivity contribution >= 4 is 17.5 Å². The van der Waals surface area contributed by atoms with Gasteiger partial charge in [0.15, 0.2) is 0 Å². The van der Waals surface area contributed by atoms with E-state index in [1.54, 1.807) is 12.1 Å². The molecule has 4 N–H and O–H groups in total. The molecule has 0 aliphatic carbocycles. The first kappa shape index (κ1) is 20.4. The van der Waals surface area contributed by atoms with E-state index in [2.05, 4.69) is 22.5 Å². The van der Waals surface area contributed by atoms with Gasteiger partial charge in [-0.25, -0.2) is 4.98 Å². The number of pyridine rings is 1. The molecule has 2 aromatic rings. The molecule has 0 saturated heterocycles. The molecule has 2 amide bonds. The minimum Gasteiger partial charge on any atom is -0.439 e. The van der Waals surface area contributed by atoms with Crippen LogP contribution < -0.4 is 21.1 Å². The van der Waals surface area contributed by atoms with Gasteiger partial charge in [0.05, 0.1) is 24.5 Å². The summed E-state index contributed by atoms with van der Waals surface area (Å²) in [6, 6.07) is 10.5. The SMILES string of the molecule is CCc1cccc(Oc2ccc(NC(=O)CNC(=O)[C@@H](N)C(C)C)cn2)c1. The monoisotopic (exact) mass is 370 g/mol. The second-order valence-corrected chi connectivity index (χ2v) is 6.52. The zero-order valence-corrected chi connectivity index (χ0v) is 15.9. The van der Waals surface area contributed by atoms with Gasteiger partial charge < -0.3 is 21.1 Å². The fraction of sp³-hybridized carbons (Fsp3) is 0.350. The molecule has 1 aromatic carbocycles. The first-order valence-corrected chi connectivity index (χ1v) is 8.95. The van der Waals surface area contributed by atoms with E-state index < -0.39 is 6.04 Å². The second kappa shape index (κ2) is 9.68. The molecule has 0 spiro atoms. The number of aryl methyl sites for hydroxylation is 1. The first-order chi connectivity index (χ1) is 12.9. The van der Waals surface area contributed by atoms with Gasteiger partial charge in [-0.05, 0) is 36.1 Å². The minimum absolute atomic E-state index is 0.00262. The number of hydrogen-bond acceptors (Lipinski definition) is 5. The van der Waals surface area contributed by atoms with Crippen LogP contribution in [0.15, 0.2) is 42.6 Å². The normalized spacial score (nSPS) is 11.7. The molecule has 7 heteroatoms. The quantitative estimate of drug-likeness (QED) is 0.662. The van der Waals surface area contributed by atoms with Crippen molar-refractivity contribution in [3.8, 4) is 11.6 Å². The van der Waals surface area contributed by atoms with Crippen molar-refractivity contribution in [2.45, 2.75) is 33.2 Å². The Morgan fingerprint density at radius 1 is 1.22 bits per heavy atom. The predicted octanol–water partition coefficient (Wildman–Crippen LogP) is 2.47. The molecule has 0 radical (unpaired) electrons. The van der Waals surface area contributed by atoms with E-state index >= 15 is 0 Å². The van der Waals surface area contributed by atoms with Crippen molar-refractivity contribution in [1.82, 2.24) is 10.3 Å². The summed E-state index contributed by atoms with van der Waals surface area (Å²) < 4.78 is 5.71. The molecule has 1 atom stereocenters. The van der Waals surface area contributed by atoms with Gasteiger partial charge in [-0.15, -0.1) is 0 Å². The number of nitrogens with zero attached hydrogens (tertiary/aromatic N) is 1. The van der Waals surface area contributed by atoms with Gasteiger partial charge in [-0.2, -0.15) is 0 Å². The molecule has 1 heterocycles. The van der Waals surface area contributed by atoms with Crippen molar-refractivity contribution in [3.63, 3.8) is 0 Å². The van der Waals surface area contributed by atoms with E-state index in [-0.39, 0.29) is 24.3 Å². The number of amides is 2. The molecule has 1 aromatic heterocycles. The van der Waals surface area contributed by atoms with Crippen molar-refractivity contribution in [2.24, 2.45) is 11.7 Å². The molecule has 0 unspecified atom stereocenters. The van der Waals surface area contributed by atoms with E-state index in [0.717, 1.165) is 6.42 Å². The summed E-state index contributed by atoms with van der Waals surface area (Å²) in [7, 11) is 0. The zero-order valence-electron chi connectivity index (χ0n) is 15.9. The van der Waals surface area contributed by atoms with Crippen molar-refractivity contribution < 1.29 is 14.3 Å². The topological polar surface area (TPSA) is 106 Å². The number of carbonyl (C=O) groups is 2. The average molecular weight is 370 g/mol. The van der Waals surface area contributed by atoms with Crippen LogP contribution in [0.2, 0.25) is 0 Å². The van der Waals surface area contributed by atoms with Gasteiger partial charge in [0.25, 0.3) is 0 Å². The molecule has 0 saturated carbocycles. The Morgan fingerprint density at radius 3 is 2.63 bits per heavy atom. The van der Waals surface area contributed by atoms with Crippen LogP contribution in [-0.2, 0) is 16.0 Å². The minimum atomic E-state index is -0.637. The molecular formula is C20H26N4O3. The number of nitrogens with one attached hydrogen (secondary N) is 2. The number of ether oxygens (including phenoxy) is 1. The molecular weight excluding hydrogens is 344 g/mol. The van der Waals surface area contributed by atoms with Gasteiger partial charge in [0.1, 0.15) is 5.75 Å². The summed E-state index contributed by atoms with van der Waals surface area (Å²) in [5.41, 5.74) is 7.42. The Morgan fingerprint density at radius 2 is 2.00 bits per heavy atom. The lowest BCUT2D eigenvalue weighted by Gasteiger charge is -2.15. The Kier molecular flexibility index (Phi) is 7.31. The summed E-state index contributed by atoms with van der Waals surface area (Å²) in [4.78, 5) is 27.9. The molecule has 27 heavy (non-hydrogen) atoms. The largest absolute Gasteiger partial charge is 0.439 e. The van der Waals surface area contributed by atoms with Crippen LogP contribution in [0, 0.1) is 5.92 Å². The maximum Gasteiger partial charge on any atom is 0.243 e. The standard InChI is InChI=1S/C20H26N4O3/c1-4-14-6-5-7-16(10-14)27-18-9-8-15(11-22-18)24-17(25)12-23-20(26)19(21)13(2)3/h5-11,13,19H,4,12,21H2,1-3H3,(H,23,26)(H,24,25)/t19-/m0/s1. The fourth-order valence-corrected chi connectivity index (χ4v) is 2.26. The van der Waals surface area contributed by atoms with Gasteiger partial charge in [-0.1, -0.05) is 32.9 Å². The molecule has 0 aliphatic heterocycles. The Labute approximate surface area is 159 Å². The highest BCUT2D eigenvalue weighted by atomic mass is 16.5. The Balaban J connectivity index is 1.86. The van der Waals surface area contributed by atoms with Crippen molar-refractivity contribution in [3.05, 3.63) is 48.2 Å². The number of aromatic nitrogens is 1. The maximum atomic E-state index is 11.9. The van der Waals surface area contributed by atoms with Crippen molar-refractivity contribution in [1.29, 1.82) is 0 Å². The van der Waals surface area contributed by atoms with Crippen LogP contribution in [0.4, 0.5) is 5.69 Å². The smallest absolute Gasteiger partial charge is 0.243 e. The lowest BCUT2D eigenvalue weighted by Crippen LogP contribution is -2.46. The van der Waals surface area contributed by atoms with Crippen molar-refractivity contribution in [2.75, 3.05) is 11.9 Å². The number of benzene rings is 1. The van der Waals surface area contributed by atoms with Crippen LogP contribution in [0.25, 0.3) is 0 Å². The first-order valence-electron chi connectivity index (χ1n) is 8.95. The third kappa shape index (κ3) is 6.38.